The molecule has 8 heteroatoms. The largest absolute Gasteiger partial charge is 0.439 e. The molecule has 0 spiro atoms. The van der Waals surface area contributed by atoms with E-state index in [1.165, 1.54) is 4.31 Å². The Morgan fingerprint density at radius 2 is 2.21 bits per heavy atom. The van der Waals surface area contributed by atoms with Gasteiger partial charge in [-0.25, -0.2) is 17.7 Å². The quantitative estimate of drug-likeness (QED) is 0.833. The highest BCUT2D eigenvalue weighted by molar-refractivity contribution is 7.88. The molecule has 0 aliphatic carbocycles. The molecule has 0 saturated carbocycles. The Hall–Kier alpha value is -2.24. The molecule has 2 heterocycles. The summed E-state index contributed by atoms with van der Waals surface area (Å²) in [5, 5.41) is 9.43. The number of rotatable bonds is 4. The zero-order valence-corrected chi connectivity index (χ0v) is 14.0. The molecule has 2 atom stereocenters. The molecular formula is C16H17N3O4S. The van der Waals surface area contributed by atoms with Gasteiger partial charge in [0, 0.05) is 19.0 Å². The standard InChI is InChI=1S/C16H17N3O4S/c1-24(21,22)19-8-4-5-11(10-19)15(20)12(9-17)16-18-13-6-2-3-7-14(13)23-16/h2-3,6-7,11-12H,4-5,8,10H2,1H3/t11-,12+/m1/s1. The van der Waals surface area contributed by atoms with Crippen molar-refractivity contribution in [2.45, 2.75) is 18.8 Å². The SMILES string of the molecule is CS(=O)(=O)N1CCC[C@@H](C(=O)[C@H](C#N)c2nc3ccccc3o2)C1. The number of para-hydroxylation sites is 2. The zero-order chi connectivity index (χ0) is 17.3. The van der Waals surface area contributed by atoms with Crippen LogP contribution in [-0.2, 0) is 14.8 Å². The molecule has 3 rings (SSSR count). The van der Waals surface area contributed by atoms with Crippen LogP contribution in [0.1, 0.15) is 24.7 Å². The minimum absolute atomic E-state index is 0.0696. The minimum atomic E-state index is -3.35. The average Bonchev–Trinajstić information content (AvgIpc) is 2.98. The first-order valence-corrected chi connectivity index (χ1v) is 9.49. The molecule has 0 radical (unpaired) electrons. The molecule has 0 N–H and O–H groups in total. The van der Waals surface area contributed by atoms with Crippen LogP contribution >= 0.6 is 0 Å². The maximum atomic E-state index is 12.7. The predicted molar refractivity (Wildman–Crippen MR) is 86.5 cm³/mol. The second-order valence-electron chi connectivity index (χ2n) is 5.94. The summed E-state index contributed by atoms with van der Waals surface area (Å²) in [6.45, 7) is 0.513. The summed E-state index contributed by atoms with van der Waals surface area (Å²) >= 11 is 0. The number of nitriles is 1. The monoisotopic (exact) mass is 347 g/mol. The van der Waals surface area contributed by atoms with Gasteiger partial charge in [0.25, 0.3) is 0 Å². The van der Waals surface area contributed by atoms with Crippen molar-refractivity contribution in [2.24, 2.45) is 5.92 Å². The normalized spacial score (nSPS) is 20.6. The van der Waals surface area contributed by atoms with Gasteiger partial charge in [-0.2, -0.15) is 5.26 Å². The number of ketones is 1. The number of nitrogens with zero attached hydrogens (tertiary/aromatic N) is 3. The van der Waals surface area contributed by atoms with E-state index in [1.807, 2.05) is 6.07 Å². The van der Waals surface area contributed by atoms with Crippen LogP contribution in [0.25, 0.3) is 11.1 Å². The highest BCUT2D eigenvalue weighted by Gasteiger charge is 2.36. The Bertz CT molecular complexity index is 880. The van der Waals surface area contributed by atoms with Crippen LogP contribution in [0.15, 0.2) is 28.7 Å². The van der Waals surface area contributed by atoms with E-state index in [-0.39, 0.29) is 18.2 Å². The van der Waals surface area contributed by atoms with Gasteiger partial charge in [0.15, 0.2) is 17.3 Å². The molecule has 1 fully saturated rings. The first-order chi connectivity index (χ1) is 11.4. The molecule has 1 aliphatic rings. The van der Waals surface area contributed by atoms with Crippen LogP contribution in [0.4, 0.5) is 0 Å². The number of sulfonamides is 1. The smallest absolute Gasteiger partial charge is 0.220 e. The summed E-state index contributed by atoms with van der Waals surface area (Å²) in [6.07, 6.45) is 2.28. The van der Waals surface area contributed by atoms with E-state index in [4.69, 9.17) is 4.42 Å². The number of carbonyl (C=O) groups is 1. The third kappa shape index (κ3) is 3.18. The van der Waals surface area contributed by atoms with Crippen LogP contribution in [0.3, 0.4) is 0 Å². The third-order valence-electron chi connectivity index (χ3n) is 4.23. The highest BCUT2D eigenvalue weighted by Crippen LogP contribution is 2.28. The Labute approximate surface area is 139 Å². The molecule has 7 nitrogen and oxygen atoms in total. The minimum Gasteiger partial charge on any atom is -0.439 e. The lowest BCUT2D eigenvalue weighted by Crippen LogP contribution is -2.42. The molecular weight excluding hydrogens is 330 g/mol. The zero-order valence-electron chi connectivity index (χ0n) is 13.2. The lowest BCUT2D eigenvalue weighted by molar-refractivity contribution is -0.124. The van der Waals surface area contributed by atoms with E-state index in [0.29, 0.717) is 30.5 Å². The fourth-order valence-electron chi connectivity index (χ4n) is 2.97. The van der Waals surface area contributed by atoms with Crippen molar-refractivity contribution in [1.82, 2.24) is 9.29 Å². The van der Waals surface area contributed by atoms with Gasteiger partial charge in [0.2, 0.25) is 15.9 Å². The molecule has 0 amide bonds. The number of hydrogen-bond acceptors (Lipinski definition) is 6. The predicted octanol–water partition coefficient (Wildman–Crippen LogP) is 1.68. The van der Waals surface area contributed by atoms with Crippen LogP contribution in [0.2, 0.25) is 0 Å². The number of Topliss-reactive ketones (excluding diaryl/α,β-unsaturated/α-hetero) is 1. The fraction of sp³-hybridized carbons (Fsp3) is 0.438. The summed E-state index contributed by atoms with van der Waals surface area (Å²) in [5.41, 5.74) is 1.10. The van der Waals surface area contributed by atoms with Gasteiger partial charge >= 0.3 is 0 Å². The number of aromatic nitrogens is 1. The van der Waals surface area contributed by atoms with Gasteiger partial charge in [-0.3, -0.25) is 4.79 Å². The van der Waals surface area contributed by atoms with E-state index in [1.54, 1.807) is 24.3 Å². The number of benzene rings is 1. The maximum Gasteiger partial charge on any atom is 0.220 e. The van der Waals surface area contributed by atoms with Crippen LogP contribution in [0.5, 0.6) is 0 Å². The van der Waals surface area contributed by atoms with E-state index in [9.17, 15) is 18.5 Å². The van der Waals surface area contributed by atoms with Crippen molar-refractivity contribution in [3.05, 3.63) is 30.2 Å². The van der Waals surface area contributed by atoms with E-state index < -0.39 is 21.9 Å². The van der Waals surface area contributed by atoms with Crippen molar-refractivity contribution < 1.29 is 17.6 Å². The van der Waals surface area contributed by atoms with E-state index >= 15 is 0 Å². The summed E-state index contributed by atoms with van der Waals surface area (Å²) in [7, 11) is -3.35. The molecule has 1 aliphatic heterocycles. The van der Waals surface area contributed by atoms with Crippen LogP contribution in [0, 0.1) is 17.2 Å². The Balaban J connectivity index is 1.85. The molecule has 2 aromatic rings. The third-order valence-corrected chi connectivity index (χ3v) is 5.50. The average molecular weight is 347 g/mol. The molecule has 1 saturated heterocycles. The summed E-state index contributed by atoms with van der Waals surface area (Å²) in [4.78, 5) is 17.0. The Morgan fingerprint density at radius 1 is 1.46 bits per heavy atom. The van der Waals surface area contributed by atoms with Crippen molar-refractivity contribution in [1.29, 1.82) is 5.26 Å². The number of fused-ring (bicyclic) bond motifs is 1. The lowest BCUT2D eigenvalue weighted by atomic mass is 9.88. The first-order valence-electron chi connectivity index (χ1n) is 7.64. The van der Waals surface area contributed by atoms with Gasteiger partial charge in [0.05, 0.1) is 12.3 Å². The van der Waals surface area contributed by atoms with Crippen LogP contribution in [-0.4, -0.2) is 42.8 Å². The van der Waals surface area contributed by atoms with Crippen molar-refractivity contribution >= 4 is 26.9 Å². The molecule has 1 aromatic heterocycles. The summed E-state index contributed by atoms with van der Waals surface area (Å²) in [5.74, 6) is -1.91. The van der Waals surface area contributed by atoms with Crippen molar-refractivity contribution in [3.8, 4) is 6.07 Å². The molecule has 24 heavy (non-hydrogen) atoms. The Kier molecular flexibility index (Phi) is 4.39. The second kappa shape index (κ2) is 6.34. The van der Waals surface area contributed by atoms with Gasteiger partial charge in [0.1, 0.15) is 5.52 Å². The summed E-state index contributed by atoms with van der Waals surface area (Å²) < 4.78 is 30.2. The van der Waals surface area contributed by atoms with Gasteiger partial charge in [-0.1, -0.05) is 12.1 Å². The molecule has 0 unspecified atom stereocenters. The summed E-state index contributed by atoms with van der Waals surface area (Å²) in [6, 6.07) is 9.00. The molecule has 0 bridgehead atoms. The van der Waals surface area contributed by atoms with E-state index in [2.05, 4.69) is 4.98 Å². The number of piperidine rings is 1. The maximum absolute atomic E-state index is 12.7. The lowest BCUT2D eigenvalue weighted by Gasteiger charge is -2.30. The number of oxazole rings is 1. The van der Waals surface area contributed by atoms with Gasteiger partial charge in [-0.05, 0) is 25.0 Å². The topological polar surface area (TPSA) is 104 Å². The first kappa shape index (κ1) is 16.6. The second-order valence-corrected chi connectivity index (χ2v) is 7.93. The number of hydrogen-bond donors (Lipinski definition) is 0. The fourth-order valence-corrected chi connectivity index (χ4v) is 3.88. The Morgan fingerprint density at radius 3 is 2.88 bits per heavy atom. The van der Waals surface area contributed by atoms with Crippen molar-refractivity contribution in [3.63, 3.8) is 0 Å². The number of carbonyl (C=O) groups excluding carboxylic acids is 1. The molecule has 126 valence electrons. The highest BCUT2D eigenvalue weighted by atomic mass is 32.2. The van der Waals surface area contributed by atoms with Gasteiger partial charge < -0.3 is 4.42 Å². The molecule has 1 aromatic carbocycles. The van der Waals surface area contributed by atoms with Crippen molar-refractivity contribution in [2.75, 3.05) is 19.3 Å². The van der Waals surface area contributed by atoms with Crippen LogP contribution < -0.4 is 0 Å². The van der Waals surface area contributed by atoms with E-state index in [0.717, 1.165) is 6.26 Å². The van der Waals surface area contributed by atoms with Gasteiger partial charge in [-0.15, -0.1) is 0 Å².